The molecule has 1 fully saturated rings. The maximum absolute atomic E-state index is 12.4. The Morgan fingerprint density at radius 2 is 2.17 bits per heavy atom. The lowest BCUT2D eigenvalue weighted by atomic mass is 10.1. The van der Waals surface area contributed by atoms with E-state index < -0.39 is 11.7 Å². The van der Waals surface area contributed by atoms with Gasteiger partial charge in [0.1, 0.15) is 5.82 Å². The van der Waals surface area contributed by atoms with Crippen molar-refractivity contribution in [1.82, 2.24) is 4.98 Å². The molecule has 0 N–H and O–H groups in total. The first-order valence-electron chi connectivity index (χ1n) is 5.79. The van der Waals surface area contributed by atoms with Crippen LogP contribution in [0.25, 0.3) is 0 Å². The van der Waals surface area contributed by atoms with Gasteiger partial charge in [0.15, 0.2) is 0 Å². The van der Waals surface area contributed by atoms with Gasteiger partial charge in [-0.25, -0.2) is 4.98 Å². The van der Waals surface area contributed by atoms with Gasteiger partial charge in [0.2, 0.25) is 0 Å². The summed E-state index contributed by atoms with van der Waals surface area (Å²) in [5.41, 5.74) is -0.721. The van der Waals surface area contributed by atoms with Crippen molar-refractivity contribution in [3.63, 3.8) is 0 Å². The van der Waals surface area contributed by atoms with Crippen LogP contribution in [0.5, 0.6) is 0 Å². The monoisotopic (exact) mass is 278 g/mol. The summed E-state index contributed by atoms with van der Waals surface area (Å²) in [7, 11) is 0. The number of halogens is 4. The Morgan fingerprint density at radius 3 is 2.67 bits per heavy atom. The molecule has 0 bridgehead atoms. The zero-order valence-electron chi connectivity index (χ0n) is 9.91. The number of hydrogen-bond acceptors (Lipinski definition) is 2. The highest BCUT2D eigenvalue weighted by Gasteiger charge is 2.33. The number of rotatable bonds is 2. The standard InChI is InChI=1S/C12H14ClF3N2/c1-8-4-5-18(10(8)6-13)11-3-2-9(7-17-11)12(14,15)16/h2-3,7-8,10H,4-6H2,1H3. The number of hydrogen-bond donors (Lipinski definition) is 0. The smallest absolute Gasteiger partial charge is 0.352 e. The highest BCUT2D eigenvalue weighted by atomic mass is 35.5. The van der Waals surface area contributed by atoms with Crippen molar-refractivity contribution in [2.45, 2.75) is 25.6 Å². The molecule has 0 saturated carbocycles. The highest BCUT2D eigenvalue weighted by molar-refractivity contribution is 6.18. The van der Waals surface area contributed by atoms with Gasteiger partial charge in [-0.3, -0.25) is 0 Å². The molecule has 2 unspecified atom stereocenters. The van der Waals surface area contributed by atoms with E-state index >= 15 is 0 Å². The molecular weight excluding hydrogens is 265 g/mol. The van der Waals surface area contributed by atoms with Gasteiger partial charge in [0, 0.05) is 24.7 Å². The minimum Gasteiger partial charge on any atom is -0.352 e. The molecular formula is C12H14ClF3N2. The summed E-state index contributed by atoms with van der Waals surface area (Å²) >= 11 is 5.90. The molecule has 2 nitrogen and oxygen atoms in total. The predicted molar refractivity (Wildman–Crippen MR) is 64.9 cm³/mol. The van der Waals surface area contributed by atoms with Crippen LogP contribution in [0.15, 0.2) is 18.3 Å². The third-order valence-electron chi connectivity index (χ3n) is 3.41. The molecule has 0 aliphatic carbocycles. The highest BCUT2D eigenvalue weighted by Crippen LogP contribution is 2.32. The topological polar surface area (TPSA) is 16.1 Å². The maximum Gasteiger partial charge on any atom is 0.417 e. The Kier molecular flexibility index (Phi) is 3.71. The van der Waals surface area contributed by atoms with Crippen molar-refractivity contribution in [1.29, 1.82) is 0 Å². The van der Waals surface area contributed by atoms with E-state index in [1.807, 2.05) is 4.90 Å². The van der Waals surface area contributed by atoms with Crippen LogP contribution in [0.3, 0.4) is 0 Å². The van der Waals surface area contributed by atoms with Gasteiger partial charge in [-0.1, -0.05) is 6.92 Å². The zero-order valence-corrected chi connectivity index (χ0v) is 10.7. The van der Waals surface area contributed by atoms with E-state index in [-0.39, 0.29) is 6.04 Å². The Hall–Kier alpha value is -0.970. The second-order valence-electron chi connectivity index (χ2n) is 4.58. The quantitative estimate of drug-likeness (QED) is 0.769. The summed E-state index contributed by atoms with van der Waals surface area (Å²) in [5, 5.41) is 0. The molecule has 100 valence electrons. The minimum absolute atomic E-state index is 0.149. The van der Waals surface area contributed by atoms with Crippen molar-refractivity contribution >= 4 is 17.4 Å². The van der Waals surface area contributed by atoms with Gasteiger partial charge in [0.25, 0.3) is 0 Å². The zero-order chi connectivity index (χ0) is 13.3. The van der Waals surface area contributed by atoms with Gasteiger partial charge < -0.3 is 4.90 Å². The Labute approximate surface area is 109 Å². The van der Waals surface area contributed by atoms with Gasteiger partial charge in [-0.15, -0.1) is 11.6 Å². The van der Waals surface area contributed by atoms with Gasteiger partial charge in [0.05, 0.1) is 5.56 Å². The fraction of sp³-hybridized carbons (Fsp3) is 0.583. The lowest BCUT2D eigenvalue weighted by Gasteiger charge is -2.26. The molecule has 0 spiro atoms. The van der Waals surface area contributed by atoms with E-state index in [1.165, 1.54) is 6.07 Å². The lowest BCUT2D eigenvalue weighted by Crippen LogP contribution is -2.34. The SMILES string of the molecule is CC1CCN(c2ccc(C(F)(F)F)cn2)C1CCl. The summed E-state index contributed by atoms with van der Waals surface area (Å²) in [6.45, 7) is 2.88. The predicted octanol–water partition coefficient (Wildman–Crippen LogP) is 3.55. The third kappa shape index (κ3) is 2.55. The molecule has 1 aromatic rings. The minimum atomic E-state index is -4.34. The Balaban J connectivity index is 2.20. The average molecular weight is 279 g/mol. The normalized spacial score (nSPS) is 24.6. The number of nitrogens with zero attached hydrogens (tertiary/aromatic N) is 2. The Morgan fingerprint density at radius 1 is 1.44 bits per heavy atom. The van der Waals surface area contributed by atoms with E-state index in [0.29, 0.717) is 17.6 Å². The number of alkyl halides is 4. The first-order valence-corrected chi connectivity index (χ1v) is 6.33. The fourth-order valence-corrected chi connectivity index (χ4v) is 2.72. The van der Waals surface area contributed by atoms with Crippen molar-refractivity contribution < 1.29 is 13.2 Å². The maximum atomic E-state index is 12.4. The van der Waals surface area contributed by atoms with Crippen LogP contribution in [0, 0.1) is 5.92 Å². The van der Waals surface area contributed by atoms with E-state index in [0.717, 1.165) is 25.2 Å². The van der Waals surface area contributed by atoms with Crippen LogP contribution >= 0.6 is 11.6 Å². The van der Waals surface area contributed by atoms with Crippen molar-refractivity contribution in [2.24, 2.45) is 5.92 Å². The van der Waals surface area contributed by atoms with Crippen LogP contribution in [-0.2, 0) is 6.18 Å². The molecule has 1 aliphatic heterocycles. The number of pyridine rings is 1. The molecule has 1 aromatic heterocycles. The van der Waals surface area contributed by atoms with E-state index in [4.69, 9.17) is 11.6 Å². The molecule has 2 atom stereocenters. The number of aromatic nitrogens is 1. The summed E-state index contributed by atoms with van der Waals surface area (Å²) < 4.78 is 37.3. The van der Waals surface area contributed by atoms with Crippen LogP contribution in [0.1, 0.15) is 18.9 Å². The van der Waals surface area contributed by atoms with Crippen LogP contribution < -0.4 is 4.90 Å². The van der Waals surface area contributed by atoms with Crippen LogP contribution in [0.2, 0.25) is 0 Å². The molecule has 1 aliphatic rings. The molecule has 2 rings (SSSR count). The summed E-state index contributed by atoms with van der Waals surface area (Å²) in [6, 6.07) is 2.63. The molecule has 2 heterocycles. The van der Waals surface area contributed by atoms with Gasteiger partial charge in [-0.05, 0) is 24.5 Å². The average Bonchev–Trinajstić information content (AvgIpc) is 2.69. The van der Waals surface area contributed by atoms with E-state index in [1.54, 1.807) is 0 Å². The van der Waals surface area contributed by atoms with Crippen LogP contribution in [0.4, 0.5) is 19.0 Å². The van der Waals surface area contributed by atoms with Crippen molar-refractivity contribution in [3.8, 4) is 0 Å². The molecule has 0 aromatic carbocycles. The van der Waals surface area contributed by atoms with Crippen LogP contribution in [-0.4, -0.2) is 23.5 Å². The number of anilines is 1. The summed E-state index contributed by atoms with van der Waals surface area (Å²) in [4.78, 5) is 5.89. The third-order valence-corrected chi connectivity index (χ3v) is 3.73. The summed E-state index contributed by atoms with van der Waals surface area (Å²) in [6.07, 6.45) is -2.47. The van der Waals surface area contributed by atoms with Crippen molar-refractivity contribution in [2.75, 3.05) is 17.3 Å². The fourth-order valence-electron chi connectivity index (χ4n) is 2.25. The van der Waals surface area contributed by atoms with Crippen molar-refractivity contribution in [3.05, 3.63) is 23.9 Å². The molecule has 1 saturated heterocycles. The van der Waals surface area contributed by atoms with Gasteiger partial charge >= 0.3 is 6.18 Å². The molecule has 18 heavy (non-hydrogen) atoms. The van der Waals surface area contributed by atoms with Gasteiger partial charge in [-0.2, -0.15) is 13.2 Å². The van der Waals surface area contributed by atoms with E-state index in [2.05, 4.69) is 11.9 Å². The molecule has 0 amide bonds. The summed E-state index contributed by atoms with van der Waals surface area (Å²) in [5.74, 6) is 1.47. The second kappa shape index (κ2) is 4.96. The second-order valence-corrected chi connectivity index (χ2v) is 4.89. The first-order chi connectivity index (χ1) is 8.43. The molecule has 0 radical (unpaired) electrons. The molecule has 6 heteroatoms. The Bertz CT molecular complexity index is 405. The van der Waals surface area contributed by atoms with E-state index in [9.17, 15) is 13.2 Å². The first kappa shape index (κ1) is 13.5. The lowest BCUT2D eigenvalue weighted by molar-refractivity contribution is -0.137. The largest absolute Gasteiger partial charge is 0.417 e.